The second kappa shape index (κ2) is 7.04. The van der Waals surface area contributed by atoms with Crippen molar-refractivity contribution in [2.45, 2.75) is 13.3 Å². The van der Waals surface area contributed by atoms with Gasteiger partial charge in [-0.15, -0.1) is 0 Å². The molecule has 1 aromatic heterocycles. The van der Waals surface area contributed by atoms with Crippen molar-refractivity contribution >= 4 is 22.6 Å². The van der Waals surface area contributed by atoms with Crippen LogP contribution in [-0.2, 0) is 15.9 Å². The summed E-state index contributed by atoms with van der Waals surface area (Å²) in [6.07, 6.45) is 2.35. The van der Waals surface area contributed by atoms with E-state index in [4.69, 9.17) is 9.47 Å². The molecule has 1 aromatic carbocycles. The Morgan fingerprint density at radius 3 is 2.86 bits per heavy atom. The number of aromatic nitrogens is 1. The summed E-state index contributed by atoms with van der Waals surface area (Å²) < 4.78 is 10.2. The molecule has 0 aliphatic heterocycles. The number of hydrogen-bond donors (Lipinski definition) is 1. The molecule has 0 aliphatic rings. The molecule has 0 saturated carbocycles. The van der Waals surface area contributed by atoms with Crippen molar-refractivity contribution in [1.82, 2.24) is 4.98 Å². The van der Waals surface area contributed by atoms with Crippen molar-refractivity contribution in [3.8, 4) is 0 Å². The molecule has 0 amide bonds. The fraction of sp³-hybridized carbons (Fsp3) is 0.375. The van der Waals surface area contributed by atoms with E-state index in [0.29, 0.717) is 18.8 Å². The maximum absolute atomic E-state index is 12.0. The Morgan fingerprint density at radius 1 is 1.38 bits per heavy atom. The number of rotatable bonds is 6. The van der Waals surface area contributed by atoms with Crippen LogP contribution < -0.4 is 5.32 Å². The first-order valence-electron chi connectivity index (χ1n) is 6.97. The van der Waals surface area contributed by atoms with Crippen LogP contribution in [0.1, 0.15) is 22.8 Å². The average Bonchev–Trinajstić information content (AvgIpc) is 2.51. The molecule has 0 spiro atoms. The molecule has 0 fully saturated rings. The molecule has 2 aromatic rings. The zero-order valence-electron chi connectivity index (χ0n) is 12.6. The van der Waals surface area contributed by atoms with Gasteiger partial charge in [0.1, 0.15) is 5.56 Å². The lowest BCUT2D eigenvalue weighted by molar-refractivity contribution is 0.0527. The molecule has 0 bridgehead atoms. The van der Waals surface area contributed by atoms with E-state index in [-0.39, 0.29) is 5.97 Å². The highest BCUT2D eigenvalue weighted by atomic mass is 16.5. The lowest BCUT2D eigenvalue weighted by atomic mass is 10.0. The van der Waals surface area contributed by atoms with Gasteiger partial charge in [-0.25, -0.2) is 4.79 Å². The third-order valence-electron chi connectivity index (χ3n) is 3.30. The van der Waals surface area contributed by atoms with Gasteiger partial charge in [0, 0.05) is 25.7 Å². The molecule has 0 aliphatic carbocycles. The van der Waals surface area contributed by atoms with Crippen molar-refractivity contribution in [1.29, 1.82) is 0 Å². The number of nitrogens with one attached hydrogen (secondary N) is 1. The number of benzene rings is 1. The van der Waals surface area contributed by atoms with Crippen LogP contribution in [0.5, 0.6) is 0 Å². The van der Waals surface area contributed by atoms with Crippen LogP contribution >= 0.6 is 0 Å². The fourth-order valence-corrected chi connectivity index (χ4v) is 2.33. The van der Waals surface area contributed by atoms with Crippen molar-refractivity contribution in [2.75, 3.05) is 32.7 Å². The first-order valence-corrected chi connectivity index (χ1v) is 6.97. The van der Waals surface area contributed by atoms with Gasteiger partial charge in [0.25, 0.3) is 0 Å². The lowest BCUT2D eigenvalue weighted by Crippen LogP contribution is -2.09. The SMILES string of the molecule is CCOC(=O)c1cnc2c(CCOC)cccc2c1NC. The van der Waals surface area contributed by atoms with Gasteiger partial charge in [-0.2, -0.15) is 0 Å². The maximum Gasteiger partial charge on any atom is 0.341 e. The summed E-state index contributed by atoms with van der Waals surface area (Å²) in [5.74, 6) is -0.362. The number of nitrogens with zero attached hydrogens (tertiary/aromatic N) is 1. The Balaban J connectivity index is 2.55. The standard InChI is InChI=1S/C16H20N2O3/c1-4-21-16(19)13-10-18-14-11(8-9-20-3)6-5-7-12(14)15(13)17-2/h5-7,10H,4,8-9H2,1-3H3,(H,17,18). The van der Waals surface area contributed by atoms with E-state index in [1.165, 1.54) is 0 Å². The molecule has 21 heavy (non-hydrogen) atoms. The molecule has 112 valence electrons. The Morgan fingerprint density at radius 2 is 2.19 bits per heavy atom. The number of fused-ring (bicyclic) bond motifs is 1. The average molecular weight is 288 g/mol. The largest absolute Gasteiger partial charge is 0.462 e. The predicted molar refractivity (Wildman–Crippen MR) is 82.8 cm³/mol. The number of hydrogen-bond acceptors (Lipinski definition) is 5. The lowest BCUT2D eigenvalue weighted by Gasteiger charge is -2.13. The molecule has 2 rings (SSSR count). The first-order chi connectivity index (χ1) is 10.2. The maximum atomic E-state index is 12.0. The summed E-state index contributed by atoms with van der Waals surface area (Å²) >= 11 is 0. The minimum Gasteiger partial charge on any atom is -0.462 e. The Kier molecular flexibility index (Phi) is 5.11. The third-order valence-corrected chi connectivity index (χ3v) is 3.30. The number of anilines is 1. The topological polar surface area (TPSA) is 60.5 Å². The van der Waals surface area contributed by atoms with Crippen LogP contribution in [0.3, 0.4) is 0 Å². The van der Waals surface area contributed by atoms with Gasteiger partial charge in [0.05, 0.1) is 24.4 Å². The van der Waals surface area contributed by atoms with Crippen LogP contribution in [0.4, 0.5) is 5.69 Å². The molecule has 5 heteroatoms. The highest BCUT2D eigenvalue weighted by Crippen LogP contribution is 2.28. The summed E-state index contributed by atoms with van der Waals surface area (Å²) in [5.41, 5.74) is 3.18. The predicted octanol–water partition coefficient (Wildman–Crippen LogP) is 2.64. The van der Waals surface area contributed by atoms with Crippen molar-refractivity contribution in [3.05, 3.63) is 35.5 Å². The van der Waals surface area contributed by atoms with Crippen molar-refractivity contribution < 1.29 is 14.3 Å². The number of ether oxygens (including phenoxy) is 2. The summed E-state index contributed by atoms with van der Waals surface area (Å²) in [5, 5.41) is 4.00. The number of methoxy groups -OCH3 is 1. The zero-order valence-corrected chi connectivity index (χ0v) is 12.6. The first kappa shape index (κ1) is 15.3. The number of carbonyl (C=O) groups excluding carboxylic acids is 1. The minimum absolute atomic E-state index is 0.341. The number of carbonyl (C=O) groups is 1. The van der Waals surface area contributed by atoms with Gasteiger partial charge in [0.15, 0.2) is 0 Å². The van der Waals surface area contributed by atoms with Crippen LogP contribution in [-0.4, -0.2) is 38.3 Å². The molecular formula is C16H20N2O3. The van der Waals surface area contributed by atoms with Crippen molar-refractivity contribution in [2.24, 2.45) is 0 Å². The number of esters is 1. The Bertz CT molecular complexity index is 641. The van der Waals surface area contributed by atoms with Gasteiger partial charge in [-0.05, 0) is 18.9 Å². The van der Waals surface area contributed by atoms with E-state index in [9.17, 15) is 4.79 Å². The summed E-state index contributed by atoms with van der Waals surface area (Å²) in [4.78, 5) is 16.5. The van der Waals surface area contributed by atoms with Crippen LogP contribution in [0.2, 0.25) is 0 Å². The van der Waals surface area contributed by atoms with Gasteiger partial charge >= 0.3 is 5.97 Å². The molecule has 1 N–H and O–H groups in total. The summed E-state index contributed by atoms with van der Waals surface area (Å²) in [7, 11) is 3.47. The Labute approximate surface area is 124 Å². The smallest absolute Gasteiger partial charge is 0.341 e. The highest BCUT2D eigenvalue weighted by Gasteiger charge is 2.16. The number of para-hydroxylation sites is 1. The monoisotopic (exact) mass is 288 g/mol. The van der Waals surface area contributed by atoms with E-state index in [1.54, 1.807) is 27.3 Å². The van der Waals surface area contributed by atoms with Gasteiger partial charge in [-0.1, -0.05) is 18.2 Å². The minimum atomic E-state index is -0.362. The molecule has 1 heterocycles. The quantitative estimate of drug-likeness (QED) is 0.828. The normalized spacial score (nSPS) is 10.6. The van der Waals surface area contributed by atoms with E-state index in [0.717, 1.165) is 28.6 Å². The van der Waals surface area contributed by atoms with E-state index < -0.39 is 0 Å². The fourth-order valence-electron chi connectivity index (χ4n) is 2.33. The molecule has 0 saturated heterocycles. The highest BCUT2D eigenvalue weighted by molar-refractivity contribution is 6.05. The van der Waals surface area contributed by atoms with E-state index in [1.807, 2.05) is 18.2 Å². The van der Waals surface area contributed by atoms with E-state index in [2.05, 4.69) is 10.3 Å². The second-order valence-corrected chi connectivity index (χ2v) is 4.57. The van der Waals surface area contributed by atoms with Crippen molar-refractivity contribution in [3.63, 3.8) is 0 Å². The van der Waals surface area contributed by atoms with E-state index >= 15 is 0 Å². The second-order valence-electron chi connectivity index (χ2n) is 4.57. The van der Waals surface area contributed by atoms with Crippen LogP contribution in [0, 0.1) is 0 Å². The number of pyridine rings is 1. The molecular weight excluding hydrogens is 268 g/mol. The zero-order chi connectivity index (χ0) is 15.2. The van der Waals surface area contributed by atoms with Gasteiger partial charge in [0.2, 0.25) is 0 Å². The molecule has 5 nitrogen and oxygen atoms in total. The van der Waals surface area contributed by atoms with Crippen LogP contribution in [0.15, 0.2) is 24.4 Å². The van der Waals surface area contributed by atoms with Crippen LogP contribution in [0.25, 0.3) is 10.9 Å². The molecule has 0 unspecified atom stereocenters. The summed E-state index contributed by atoms with van der Waals surface area (Å²) in [6, 6.07) is 5.94. The molecule has 0 atom stereocenters. The Hall–Kier alpha value is -2.14. The van der Waals surface area contributed by atoms with Gasteiger partial charge in [-0.3, -0.25) is 4.98 Å². The van der Waals surface area contributed by atoms with Gasteiger partial charge < -0.3 is 14.8 Å². The summed E-state index contributed by atoms with van der Waals surface area (Å²) in [6.45, 7) is 2.76. The third kappa shape index (κ3) is 3.13. The molecule has 0 radical (unpaired) electrons.